The summed E-state index contributed by atoms with van der Waals surface area (Å²) in [6, 6.07) is 12.6. The zero-order valence-electron chi connectivity index (χ0n) is 11.7. The van der Waals surface area contributed by atoms with Crippen molar-refractivity contribution in [1.82, 2.24) is 0 Å². The van der Waals surface area contributed by atoms with Crippen LogP contribution in [0, 0.1) is 23.2 Å². The second-order valence-corrected chi connectivity index (χ2v) is 6.02. The molecule has 0 radical (unpaired) electrons. The Morgan fingerprint density at radius 2 is 2.05 bits per heavy atom. The van der Waals surface area contributed by atoms with Gasteiger partial charge in [0.05, 0.1) is 11.5 Å². The highest BCUT2D eigenvalue weighted by atomic mass is 16.1. The summed E-state index contributed by atoms with van der Waals surface area (Å²) in [6.45, 7) is 4.32. The molecule has 0 bridgehead atoms. The van der Waals surface area contributed by atoms with Crippen molar-refractivity contribution in [2.24, 2.45) is 11.8 Å². The molecular weight excluding hydrogens is 234 g/mol. The van der Waals surface area contributed by atoms with Crippen LogP contribution in [0.1, 0.15) is 45.1 Å². The van der Waals surface area contributed by atoms with Gasteiger partial charge in [-0.25, -0.2) is 0 Å². The normalized spacial score (nSPS) is 27.3. The number of carbonyl (C=O) groups is 1. The molecule has 2 atom stereocenters. The van der Waals surface area contributed by atoms with Crippen molar-refractivity contribution >= 4 is 5.78 Å². The van der Waals surface area contributed by atoms with Gasteiger partial charge in [0.25, 0.3) is 0 Å². The maximum Gasteiger partial charge on any atom is 0.133 e. The third-order valence-electron chi connectivity index (χ3n) is 4.21. The summed E-state index contributed by atoms with van der Waals surface area (Å²) in [4.78, 5) is 11.8. The van der Waals surface area contributed by atoms with Gasteiger partial charge in [-0.1, -0.05) is 44.2 Å². The number of ketones is 1. The van der Waals surface area contributed by atoms with Gasteiger partial charge in [0, 0.05) is 12.8 Å². The predicted octanol–water partition coefficient (Wildman–Crippen LogP) is 3.86. The van der Waals surface area contributed by atoms with Gasteiger partial charge in [-0.3, -0.25) is 4.79 Å². The van der Waals surface area contributed by atoms with Crippen LogP contribution in [0.3, 0.4) is 0 Å². The molecule has 0 N–H and O–H groups in total. The summed E-state index contributed by atoms with van der Waals surface area (Å²) in [5.41, 5.74) is 0.607. The molecule has 1 saturated carbocycles. The van der Waals surface area contributed by atoms with E-state index in [1.807, 2.05) is 30.3 Å². The molecule has 0 saturated heterocycles. The van der Waals surface area contributed by atoms with Crippen LogP contribution >= 0.6 is 0 Å². The average Bonchev–Trinajstić information content (AvgIpc) is 2.40. The first-order chi connectivity index (χ1) is 9.08. The van der Waals surface area contributed by atoms with Crippen LogP contribution in [0.2, 0.25) is 0 Å². The molecule has 0 heterocycles. The first kappa shape index (κ1) is 13.8. The van der Waals surface area contributed by atoms with E-state index in [1.165, 1.54) is 0 Å². The van der Waals surface area contributed by atoms with E-state index >= 15 is 0 Å². The van der Waals surface area contributed by atoms with Crippen molar-refractivity contribution in [3.63, 3.8) is 0 Å². The van der Waals surface area contributed by atoms with Crippen molar-refractivity contribution in [2.45, 2.75) is 44.9 Å². The minimum Gasteiger partial charge on any atom is -0.300 e. The van der Waals surface area contributed by atoms with E-state index in [0.717, 1.165) is 12.0 Å². The molecule has 2 rings (SSSR count). The minimum absolute atomic E-state index is 0.154. The Morgan fingerprint density at radius 3 is 2.63 bits per heavy atom. The molecule has 2 unspecified atom stereocenters. The molecule has 1 aromatic rings. The summed E-state index contributed by atoms with van der Waals surface area (Å²) >= 11 is 0. The SMILES string of the molecule is CC(C)CC1CC(=O)CCC1(C#N)c1ccccc1. The second kappa shape index (κ2) is 5.57. The van der Waals surface area contributed by atoms with E-state index in [9.17, 15) is 10.1 Å². The average molecular weight is 255 g/mol. The highest BCUT2D eigenvalue weighted by Gasteiger charge is 2.44. The van der Waals surface area contributed by atoms with E-state index in [4.69, 9.17) is 0 Å². The molecule has 0 amide bonds. The van der Waals surface area contributed by atoms with Gasteiger partial charge in [0.2, 0.25) is 0 Å². The van der Waals surface area contributed by atoms with Crippen LogP contribution in [-0.4, -0.2) is 5.78 Å². The van der Waals surface area contributed by atoms with Crippen LogP contribution in [0.25, 0.3) is 0 Å². The van der Waals surface area contributed by atoms with Gasteiger partial charge >= 0.3 is 0 Å². The number of Topliss-reactive ketones (excluding diaryl/α,β-unsaturated/α-hetero) is 1. The van der Waals surface area contributed by atoms with Gasteiger partial charge in [-0.2, -0.15) is 5.26 Å². The lowest BCUT2D eigenvalue weighted by molar-refractivity contribution is -0.122. The summed E-state index contributed by atoms with van der Waals surface area (Å²) in [5.74, 6) is 0.973. The van der Waals surface area contributed by atoms with E-state index < -0.39 is 5.41 Å². The van der Waals surface area contributed by atoms with E-state index in [2.05, 4.69) is 19.9 Å². The van der Waals surface area contributed by atoms with E-state index in [0.29, 0.717) is 31.0 Å². The third-order valence-corrected chi connectivity index (χ3v) is 4.21. The molecule has 19 heavy (non-hydrogen) atoms. The molecule has 2 nitrogen and oxygen atoms in total. The number of hydrogen-bond acceptors (Lipinski definition) is 2. The standard InChI is InChI=1S/C17H21NO/c1-13(2)10-15-11-16(19)8-9-17(15,12-18)14-6-4-3-5-7-14/h3-7,13,15H,8-11H2,1-2H3. The molecule has 0 aromatic heterocycles. The largest absolute Gasteiger partial charge is 0.300 e. The van der Waals surface area contributed by atoms with Gasteiger partial charge in [0.1, 0.15) is 5.78 Å². The monoisotopic (exact) mass is 255 g/mol. The number of nitrogens with zero attached hydrogens (tertiary/aromatic N) is 1. The maximum absolute atomic E-state index is 11.8. The first-order valence-electron chi connectivity index (χ1n) is 7.07. The Bertz CT molecular complexity index is 486. The number of hydrogen-bond donors (Lipinski definition) is 0. The van der Waals surface area contributed by atoms with Gasteiger partial charge in [0.15, 0.2) is 0 Å². The first-order valence-corrected chi connectivity index (χ1v) is 7.07. The summed E-state index contributed by atoms with van der Waals surface area (Å²) < 4.78 is 0. The molecule has 0 aliphatic heterocycles. The number of rotatable bonds is 3. The van der Waals surface area contributed by atoms with Gasteiger partial charge < -0.3 is 0 Å². The zero-order valence-corrected chi connectivity index (χ0v) is 11.7. The van der Waals surface area contributed by atoms with E-state index in [1.54, 1.807) is 0 Å². The lowest BCUT2D eigenvalue weighted by atomic mass is 9.61. The summed E-state index contributed by atoms with van der Waals surface area (Å²) in [5, 5.41) is 9.80. The van der Waals surface area contributed by atoms with Gasteiger partial charge in [-0.15, -0.1) is 0 Å². The lowest BCUT2D eigenvalue weighted by Gasteiger charge is -2.39. The Morgan fingerprint density at radius 1 is 1.37 bits per heavy atom. The summed E-state index contributed by atoms with van der Waals surface area (Å²) in [7, 11) is 0. The number of nitriles is 1. The summed E-state index contributed by atoms with van der Waals surface area (Å²) in [6.07, 6.45) is 2.70. The Kier molecular flexibility index (Phi) is 4.04. The van der Waals surface area contributed by atoms with Crippen LogP contribution in [-0.2, 0) is 10.2 Å². The topological polar surface area (TPSA) is 40.9 Å². The Labute approximate surface area is 115 Å². The molecule has 0 spiro atoms. The van der Waals surface area contributed by atoms with Gasteiger partial charge in [-0.05, 0) is 30.2 Å². The van der Waals surface area contributed by atoms with Crippen LogP contribution in [0.4, 0.5) is 0 Å². The molecule has 100 valence electrons. The smallest absolute Gasteiger partial charge is 0.133 e. The lowest BCUT2D eigenvalue weighted by Crippen LogP contribution is -2.40. The maximum atomic E-state index is 11.8. The van der Waals surface area contributed by atoms with Crippen molar-refractivity contribution in [1.29, 1.82) is 5.26 Å². The number of benzene rings is 1. The van der Waals surface area contributed by atoms with Crippen molar-refractivity contribution in [2.75, 3.05) is 0 Å². The fourth-order valence-corrected chi connectivity index (χ4v) is 3.27. The number of carbonyl (C=O) groups excluding carboxylic acids is 1. The molecule has 1 aliphatic rings. The van der Waals surface area contributed by atoms with Crippen molar-refractivity contribution in [3.05, 3.63) is 35.9 Å². The quantitative estimate of drug-likeness (QED) is 0.822. The molecule has 2 heteroatoms. The van der Waals surface area contributed by atoms with Crippen LogP contribution in [0.5, 0.6) is 0 Å². The molecule has 1 fully saturated rings. The predicted molar refractivity (Wildman–Crippen MR) is 75.5 cm³/mol. The van der Waals surface area contributed by atoms with E-state index in [-0.39, 0.29) is 5.92 Å². The second-order valence-electron chi connectivity index (χ2n) is 6.02. The van der Waals surface area contributed by atoms with Crippen LogP contribution in [0.15, 0.2) is 30.3 Å². The van der Waals surface area contributed by atoms with Crippen LogP contribution < -0.4 is 0 Å². The fourth-order valence-electron chi connectivity index (χ4n) is 3.27. The van der Waals surface area contributed by atoms with Crippen molar-refractivity contribution < 1.29 is 4.79 Å². The molecular formula is C17H21NO. The Hall–Kier alpha value is -1.62. The fraction of sp³-hybridized carbons (Fsp3) is 0.529. The highest BCUT2D eigenvalue weighted by molar-refractivity contribution is 5.80. The zero-order chi connectivity index (χ0) is 13.9. The third kappa shape index (κ3) is 2.71. The Balaban J connectivity index is 2.40. The highest BCUT2D eigenvalue weighted by Crippen LogP contribution is 2.45. The molecule has 1 aliphatic carbocycles. The minimum atomic E-state index is -0.473. The van der Waals surface area contributed by atoms with Crippen molar-refractivity contribution in [3.8, 4) is 6.07 Å². The molecule has 1 aromatic carbocycles.